The maximum atomic E-state index is 12.9. The van der Waals surface area contributed by atoms with Gasteiger partial charge in [0.2, 0.25) is 0 Å². The van der Waals surface area contributed by atoms with E-state index in [0.29, 0.717) is 17.3 Å². The number of sulfonamides is 1. The zero-order valence-corrected chi connectivity index (χ0v) is 18.3. The number of nitrogens with zero attached hydrogens (tertiary/aromatic N) is 2. The van der Waals surface area contributed by atoms with Crippen molar-refractivity contribution in [2.45, 2.75) is 10.3 Å². The first-order valence-electron chi connectivity index (χ1n) is 9.23. The van der Waals surface area contributed by atoms with Crippen molar-refractivity contribution in [3.05, 3.63) is 75.6 Å². The summed E-state index contributed by atoms with van der Waals surface area (Å²) in [5.41, 5.74) is 5.23. The summed E-state index contributed by atoms with van der Waals surface area (Å²) in [7, 11) is -3.41. The summed E-state index contributed by atoms with van der Waals surface area (Å²) in [6, 6.07) is 20.8. The van der Waals surface area contributed by atoms with Gasteiger partial charge in [0, 0.05) is 26.2 Å². The molecule has 4 nitrogen and oxygen atoms in total. The fourth-order valence-electron chi connectivity index (χ4n) is 4.29. The number of fused-ring (bicyclic) bond motifs is 3. The third-order valence-corrected chi connectivity index (χ3v) is 9.57. The fourth-order valence-corrected chi connectivity index (χ4v) is 7.87. The van der Waals surface area contributed by atoms with Crippen molar-refractivity contribution in [1.29, 1.82) is 0 Å². The van der Waals surface area contributed by atoms with Crippen LogP contribution in [0.5, 0.6) is 0 Å². The standard InChI is InChI=1S/C21H19BrN2O2S2/c22-19-9-10-20(27-19)28(25,26)24-13-11-23(12-14-24)21-17-7-3-1-5-15(17)16-6-2-4-8-18(16)21/h1-10,21H,11-14H2. The first-order chi connectivity index (χ1) is 13.6. The monoisotopic (exact) mass is 474 g/mol. The second kappa shape index (κ2) is 7.07. The molecule has 0 atom stereocenters. The van der Waals surface area contributed by atoms with Gasteiger partial charge in [-0.3, -0.25) is 4.90 Å². The van der Waals surface area contributed by atoms with Crippen molar-refractivity contribution in [2.24, 2.45) is 0 Å². The van der Waals surface area contributed by atoms with E-state index in [-0.39, 0.29) is 6.04 Å². The molecule has 0 unspecified atom stereocenters. The molecule has 5 rings (SSSR count). The number of rotatable bonds is 3. The molecule has 2 aromatic carbocycles. The van der Waals surface area contributed by atoms with Crippen LogP contribution < -0.4 is 0 Å². The van der Waals surface area contributed by atoms with E-state index in [1.54, 1.807) is 16.4 Å². The Bertz CT molecular complexity index is 1090. The predicted molar refractivity (Wildman–Crippen MR) is 116 cm³/mol. The average Bonchev–Trinajstić information content (AvgIpc) is 3.30. The van der Waals surface area contributed by atoms with Crippen LogP contribution in [-0.4, -0.2) is 43.8 Å². The van der Waals surface area contributed by atoms with E-state index in [0.717, 1.165) is 16.9 Å². The molecule has 0 bridgehead atoms. The molecule has 1 fully saturated rings. The third-order valence-electron chi connectivity index (χ3n) is 5.58. The van der Waals surface area contributed by atoms with E-state index in [4.69, 9.17) is 0 Å². The van der Waals surface area contributed by atoms with Gasteiger partial charge in [-0.15, -0.1) is 11.3 Å². The topological polar surface area (TPSA) is 40.6 Å². The summed E-state index contributed by atoms with van der Waals surface area (Å²) in [5.74, 6) is 0. The van der Waals surface area contributed by atoms with Crippen molar-refractivity contribution in [3.8, 4) is 11.1 Å². The number of hydrogen-bond acceptors (Lipinski definition) is 4. The normalized spacial score (nSPS) is 18.2. The van der Waals surface area contributed by atoms with E-state index >= 15 is 0 Å². The molecule has 0 spiro atoms. The predicted octanol–water partition coefficient (Wildman–Crippen LogP) is 4.59. The Kier molecular flexibility index (Phi) is 4.68. The molecule has 2 aliphatic rings. The van der Waals surface area contributed by atoms with Gasteiger partial charge in [0.25, 0.3) is 10.0 Å². The van der Waals surface area contributed by atoms with Crippen molar-refractivity contribution in [3.63, 3.8) is 0 Å². The van der Waals surface area contributed by atoms with Crippen molar-refractivity contribution >= 4 is 37.3 Å². The number of piperazine rings is 1. The molecular weight excluding hydrogens is 456 g/mol. The van der Waals surface area contributed by atoms with E-state index in [9.17, 15) is 8.42 Å². The Balaban J connectivity index is 1.41. The van der Waals surface area contributed by atoms with Crippen molar-refractivity contribution < 1.29 is 8.42 Å². The lowest BCUT2D eigenvalue weighted by Gasteiger charge is -2.38. The Hall–Kier alpha value is -1.51. The molecule has 1 aromatic heterocycles. The van der Waals surface area contributed by atoms with Gasteiger partial charge in [0.1, 0.15) is 4.21 Å². The lowest BCUT2D eigenvalue weighted by Crippen LogP contribution is -2.49. The summed E-state index contributed by atoms with van der Waals surface area (Å²) in [6.45, 7) is 2.47. The van der Waals surface area contributed by atoms with E-state index < -0.39 is 10.0 Å². The molecule has 0 amide bonds. The first kappa shape index (κ1) is 18.5. The largest absolute Gasteiger partial charge is 0.290 e. The second-order valence-corrected chi connectivity index (χ2v) is 11.7. The highest BCUT2D eigenvalue weighted by atomic mass is 79.9. The summed E-state index contributed by atoms with van der Waals surface area (Å²) < 4.78 is 28.7. The minimum Gasteiger partial charge on any atom is -0.290 e. The summed E-state index contributed by atoms with van der Waals surface area (Å²) in [5, 5.41) is 0. The third kappa shape index (κ3) is 2.97. The number of hydrogen-bond donors (Lipinski definition) is 0. The zero-order chi connectivity index (χ0) is 19.3. The maximum absolute atomic E-state index is 12.9. The van der Waals surface area contributed by atoms with Crippen LogP contribution in [0.25, 0.3) is 11.1 Å². The van der Waals surface area contributed by atoms with Gasteiger partial charge in [0.05, 0.1) is 9.83 Å². The first-order valence-corrected chi connectivity index (χ1v) is 12.3. The number of benzene rings is 2. The fraction of sp³-hybridized carbons (Fsp3) is 0.238. The second-order valence-electron chi connectivity index (χ2n) is 7.08. The quantitative estimate of drug-likeness (QED) is 0.557. The molecule has 1 aliphatic carbocycles. The van der Waals surface area contributed by atoms with Crippen LogP contribution in [0.15, 0.2) is 68.7 Å². The van der Waals surface area contributed by atoms with E-state index in [2.05, 4.69) is 69.4 Å². The highest BCUT2D eigenvalue weighted by molar-refractivity contribution is 9.11. The van der Waals surface area contributed by atoms with Crippen LogP contribution in [0.2, 0.25) is 0 Å². The summed E-state index contributed by atoms with van der Waals surface area (Å²) in [6.07, 6.45) is 0. The van der Waals surface area contributed by atoms with E-state index in [1.165, 1.54) is 33.6 Å². The van der Waals surface area contributed by atoms with Crippen LogP contribution in [-0.2, 0) is 10.0 Å². The smallest absolute Gasteiger partial charge is 0.252 e. The maximum Gasteiger partial charge on any atom is 0.252 e. The van der Waals surface area contributed by atoms with Gasteiger partial charge in [-0.05, 0) is 50.3 Å². The molecular formula is C21H19BrN2O2S2. The van der Waals surface area contributed by atoms with Crippen LogP contribution in [0, 0.1) is 0 Å². The van der Waals surface area contributed by atoms with Crippen molar-refractivity contribution in [1.82, 2.24) is 9.21 Å². The molecule has 0 radical (unpaired) electrons. The van der Waals surface area contributed by atoms with E-state index in [1.807, 2.05) is 0 Å². The molecule has 3 aromatic rings. The highest BCUT2D eigenvalue weighted by Crippen LogP contribution is 2.46. The Morgan fingerprint density at radius 3 is 1.93 bits per heavy atom. The minimum absolute atomic E-state index is 0.202. The zero-order valence-electron chi connectivity index (χ0n) is 15.1. The van der Waals surface area contributed by atoms with Gasteiger partial charge in [-0.25, -0.2) is 8.42 Å². The van der Waals surface area contributed by atoms with Gasteiger partial charge in [0.15, 0.2) is 0 Å². The van der Waals surface area contributed by atoms with Crippen LogP contribution >= 0.6 is 27.3 Å². The van der Waals surface area contributed by atoms with Gasteiger partial charge >= 0.3 is 0 Å². The molecule has 28 heavy (non-hydrogen) atoms. The van der Waals surface area contributed by atoms with Gasteiger partial charge < -0.3 is 0 Å². The lowest BCUT2D eigenvalue weighted by atomic mass is 10.0. The Labute approximate surface area is 177 Å². The van der Waals surface area contributed by atoms with Gasteiger partial charge in [-0.1, -0.05) is 48.5 Å². The SMILES string of the molecule is O=S(=O)(c1ccc(Br)s1)N1CCN(C2c3ccccc3-c3ccccc32)CC1. The number of halogens is 1. The molecule has 7 heteroatoms. The summed E-state index contributed by atoms with van der Waals surface area (Å²) >= 11 is 4.63. The van der Waals surface area contributed by atoms with Crippen LogP contribution in [0.4, 0.5) is 0 Å². The molecule has 0 N–H and O–H groups in total. The van der Waals surface area contributed by atoms with Crippen LogP contribution in [0.3, 0.4) is 0 Å². The Morgan fingerprint density at radius 2 is 1.39 bits per heavy atom. The van der Waals surface area contributed by atoms with Crippen LogP contribution in [0.1, 0.15) is 17.2 Å². The molecule has 144 valence electrons. The molecule has 2 heterocycles. The summed E-state index contributed by atoms with van der Waals surface area (Å²) in [4.78, 5) is 2.42. The number of thiophene rings is 1. The van der Waals surface area contributed by atoms with Gasteiger partial charge in [-0.2, -0.15) is 4.31 Å². The Morgan fingerprint density at radius 1 is 0.821 bits per heavy atom. The molecule has 1 aliphatic heterocycles. The molecule has 1 saturated heterocycles. The minimum atomic E-state index is -3.41. The average molecular weight is 475 g/mol. The molecule has 0 saturated carbocycles. The van der Waals surface area contributed by atoms with Crippen molar-refractivity contribution in [2.75, 3.05) is 26.2 Å². The highest BCUT2D eigenvalue weighted by Gasteiger charge is 2.36. The lowest BCUT2D eigenvalue weighted by molar-refractivity contribution is 0.158.